The maximum atomic E-state index is 12.8. The molecule has 0 unspecified atom stereocenters. The topological polar surface area (TPSA) is 19.9 Å². The molecule has 1 spiro atoms. The Morgan fingerprint density at radius 3 is 1.54 bits per heavy atom. The SMILES string of the molecule is [O]c1cccc2c1-c1ccccc1C21c2ccccc2-c2ccccc21. The molecule has 1 radical (unpaired) electrons. The summed E-state index contributed by atoms with van der Waals surface area (Å²) in [5.74, 6) is 0.105. The zero-order valence-electron chi connectivity index (χ0n) is 14.1. The molecule has 0 aromatic heterocycles. The van der Waals surface area contributed by atoms with Crippen molar-refractivity contribution < 1.29 is 5.11 Å². The van der Waals surface area contributed by atoms with E-state index in [4.69, 9.17) is 0 Å². The van der Waals surface area contributed by atoms with Crippen molar-refractivity contribution in [1.29, 1.82) is 0 Å². The van der Waals surface area contributed by atoms with E-state index in [1.807, 2.05) is 12.1 Å². The average molecular weight is 331 g/mol. The van der Waals surface area contributed by atoms with Crippen LogP contribution in [-0.4, -0.2) is 0 Å². The second-order valence-electron chi connectivity index (χ2n) is 7.07. The number of fused-ring (bicyclic) bond motifs is 10. The van der Waals surface area contributed by atoms with E-state index in [-0.39, 0.29) is 11.2 Å². The van der Waals surface area contributed by atoms with Crippen LogP contribution in [0.25, 0.3) is 22.3 Å². The van der Waals surface area contributed by atoms with E-state index < -0.39 is 0 Å². The van der Waals surface area contributed by atoms with E-state index in [0.717, 1.165) is 16.7 Å². The molecular weight excluding hydrogens is 316 g/mol. The molecule has 2 aliphatic carbocycles. The quantitative estimate of drug-likeness (QED) is 0.317. The van der Waals surface area contributed by atoms with Gasteiger partial charge in [0.05, 0.1) is 5.41 Å². The first kappa shape index (κ1) is 13.9. The maximum absolute atomic E-state index is 12.8. The standard InChI is InChI=1S/C25H15O/c26-23-15-7-14-22-24(23)18-10-3-6-13-21(18)25(22)19-11-4-1-8-16(19)17-9-2-5-12-20(17)25/h1-15H. The van der Waals surface area contributed by atoms with Crippen molar-refractivity contribution in [3.63, 3.8) is 0 Å². The summed E-state index contributed by atoms with van der Waals surface area (Å²) < 4.78 is 0. The zero-order valence-corrected chi connectivity index (χ0v) is 14.1. The fourth-order valence-electron chi connectivity index (χ4n) is 5.11. The highest BCUT2D eigenvalue weighted by Gasteiger charge is 2.52. The van der Waals surface area contributed by atoms with Gasteiger partial charge in [0.1, 0.15) is 0 Å². The van der Waals surface area contributed by atoms with E-state index in [9.17, 15) is 5.11 Å². The van der Waals surface area contributed by atoms with Gasteiger partial charge in [-0.25, -0.2) is 0 Å². The van der Waals surface area contributed by atoms with Gasteiger partial charge in [0.15, 0.2) is 5.75 Å². The van der Waals surface area contributed by atoms with Gasteiger partial charge in [-0.15, -0.1) is 0 Å². The molecule has 0 fully saturated rings. The molecule has 0 aliphatic heterocycles. The van der Waals surface area contributed by atoms with Gasteiger partial charge in [-0.1, -0.05) is 84.9 Å². The van der Waals surface area contributed by atoms with Crippen molar-refractivity contribution in [2.75, 3.05) is 0 Å². The molecule has 2 aliphatic rings. The highest BCUT2D eigenvalue weighted by Crippen LogP contribution is 2.63. The molecule has 0 N–H and O–H groups in total. The molecule has 121 valence electrons. The van der Waals surface area contributed by atoms with Crippen molar-refractivity contribution in [3.8, 4) is 28.0 Å². The van der Waals surface area contributed by atoms with E-state index >= 15 is 0 Å². The second kappa shape index (κ2) is 4.64. The Kier molecular flexibility index (Phi) is 2.49. The monoisotopic (exact) mass is 331 g/mol. The van der Waals surface area contributed by atoms with E-state index in [2.05, 4.69) is 72.8 Å². The summed E-state index contributed by atoms with van der Waals surface area (Å²) in [6.45, 7) is 0. The molecule has 0 atom stereocenters. The molecule has 0 saturated carbocycles. The van der Waals surface area contributed by atoms with Crippen LogP contribution in [0.5, 0.6) is 5.75 Å². The number of hydrogen-bond acceptors (Lipinski definition) is 0. The van der Waals surface area contributed by atoms with Gasteiger partial charge in [0, 0.05) is 5.56 Å². The Labute approximate surface area is 152 Å². The van der Waals surface area contributed by atoms with Gasteiger partial charge < -0.3 is 0 Å². The molecule has 4 aromatic rings. The fourth-order valence-corrected chi connectivity index (χ4v) is 5.11. The average Bonchev–Trinajstić information content (AvgIpc) is 3.16. The van der Waals surface area contributed by atoms with Crippen LogP contribution in [0.3, 0.4) is 0 Å². The van der Waals surface area contributed by atoms with Crippen molar-refractivity contribution in [2.24, 2.45) is 0 Å². The van der Waals surface area contributed by atoms with E-state index in [0.29, 0.717) is 0 Å². The van der Waals surface area contributed by atoms with Gasteiger partial charge in [0.25, 0.3) is 0 Å². The Hall–Kier alpha value is -3.32. The summed E-state index contributed by atoms with van der Waals surface area (Å²) >= 11 is 0. The largest absolute Gasteiger partial charge is 0.289 e. The van der Waals surface area contributed by atoms with Crippen LogP contribution in [0.4, 0.5) is 0 Å². The third kappa shape index (κ3) is 1.40. The van der Waals surface area contributed by atoms with Crippen molar-refractivity contribution in [3.05, 3.63) is 113 Å². The van der Waals surface area contributed by atoms with E-state index in [1.54, 1.807) is 6.07 Å². The first-order valence-corrected chi connectivity index (χ1v) is 8.93. The van der Waals surface area contributed by atoms with Crippen LogP contribution in [0, 0.1) is 0 Å². The third-order valence-corrected chi connectivity index (χ3v) is 5.98. The molecule has 26 heavy (non-hydrogen) atoms. The Morgan fingerprint density at radius 2 is 0.923 bits per heavy atom. The summed E-state index contributed by atoms with van der Waals surface area (Å²) in [7, 11) is 0. The molecule has 1 nitrogen and oxygen atoms in total. The predicted molar refractivity (Wildman–Crippen MR) is 103 cm³/mol. The summed E-state index contributed by atoms with van der Waals surface area (Å²) in [5, 5.41) is 12.8. The first-order valence-electron chi connectivity index (χ1n) is 8.93. The maximum Gasteiger partial charge on any atom is 0.186 e. The van der Waals surface area contributed by atoms with Crippen molar-refractivity contribution in [1.82, 2.24) is 0 Å². The lowest BCUT2D eigenvalue weighted by Crippen LogP contribution is -2.25. The predicted octanol–water partition coefficient (Wildman–Crippen LogP) is 6.17. The van der Waals surface area contributed by atoms with Gasteiger partial charge in [-0.3, -0.25) is 5.11 Å². The molecule has 6 rings (SSSR count). The summed E-state index contributed by atoms with van der Waals surface area (Å²) in [5.41, 5.74) is 8.95. The lowest BCUT2D eigenvalue weighted by molar-refractivity contribution is 0.356. The van der Waals surface area contributed by atoms with Crippen LogP contribution < -0.4 is 0 Å². The first-order chi connectivity index (χ1) is 12.8. The molecule has 1 heteroatoms. The summed E-state index contributed by atoms with van der Waals surface area (Å²) in [6.07, 6.45) is 0. The van der Waals surface area contributed by atoms with Crippen LogP contribution in [0.1, 0.15) is 22.3 Å². The van der Waals surface area contributed by atoms with Crippen LogP contribution in [0.15, 0.2) is 91.0 Å². The highest BCUT2D eigenvalue weighted by atomic mass is 16.3. The number of hydrogen-bond donors (Lipinski definition) is 0. The molecule has 4 aromatic carbocycles. The molecular formula is C25H15O. The van der Waals surface area contributed by atoms with Gasteiger partial charge >= 0.3 is 0 Å². The lowest BCUT2D eigenvalue weighted by atomic mass is 9.70. The second-order valence-corrected chi connectivity index (χ2v) is 7.07. The minimum atomic E-state index is -0.389. The van der Waals surface area contributed by atoms with Crippen molar-refractivity contribution in [2.45, 2.75) is 5.41 Å². The van der Waals surface area contributed by atoms with Crippen LogP contribution in [-0.2, 0) is 10.5 Å². The van der Waals surface area contributed by atoms with Gasteiger partial charge in [-0.2, -0.15) is 0 Å². The Morgan fingerprint density at radius 1 is 0.462 bits per heavy atom. The molecule has 0 saturated heterocycles. The zero-order chi connectivity index (χ0) is 17.3. The smallest absolute Gasteiger partial charge is 0.186 e. The van der Waals surface area contributed by atoms with Crippen LogP contribution >= 0.6 is 0 Å². The molecule has 0 amide bonds. The minimum Gasteiger partial charge on any atom is -0.289 e. The van der Waals surface area contributed by atoms with Gasteiger partial charge in [-0.05, 0) is 45.0 Å². The van der Waals surface area contributed by atoms with E-state index in [1.165, 1.54) is 27.8 Å². The van der Waals surface area contributed by atoms with Crippen LogP contribution in [0.2, 0.25) is 0 Å². The number of benzene rings is 4. The molecule has 0 bridgehead atoms. The lowest BCUT2D eigenvalue weighted by Gasteiger charge is -2.30. The van der Waals surface area contributed by atoms with Gasteiger partial charge in [0.2, 0.25) is 0 Å². The molecule has 0 heterocycles. The Bertz CT molecular complexity index is 1160. The highest BCUT2D eigenvalue weighted by molar-refractivity contribution is 5.96. The summed E-state index contributed by atoms with van der Waals surface area (Å²) in [6, 6.07) is 31.4. The summed E-state index contributed by atoms with van der Waals surface area (Å²) in [4.78, 5) is 0. The fraction of sp³-hybridized carbons (Fsp3) is 0.0400. The number of rotatable bonds is 0. The minimum absolute atomic E-state index is 0.105. The Balaban J connectivity index is 1.89. The third-order valence-electron chi connectivity index (χ3n) is 5.98. The van der Waals surface area contributed by atoms with Crippen molar-refractivity contribution >= 4 is 0 Å². The normalized spacial score (nSPS) is 14.6.